The highest BCUT2D eigenvalue weighted by Gasteiger charge is 2.26. The van der Waals surface area contributed by atoms with Crippen molar-refractivity contribution >= 4 is 17.7 Å². The Labute approximate surface area is 155 Å². The van der Waals surface area contributed by atoms with E-state index < -0.39 is 0 Å². The topological polar surface area (TPSA) is 60.9 Å². The maximum absolute atomic E-state index is 12.4. The Morgan fingerprint density at radius 2 is 1.42 bits per heavy atom. The SMILES string of the molecule is CCN(CC)C(=O)N1CCN(C(=O)CCC(=O)c2ccc(C)cc2)CC1. The summed E-state index contributed by atoms with van der Waals surface area (Å²) in [6.07, 6.45) is 0.442. The molecule has 1 fully saturated rings. The summed E-state index contributed by atoms with van der Waals surface area (Å²) >= 11 is 0. The molecule has 142 valence electrons. The highest BCUT2D eigenvalue weighted by molar-refractivity contribution is 5.98. The van der Waals surface area contributed by atoms with Gasteiger partial charge < -0.3 is 14.7 Å². The lowest BCUT2D eigenvalue weighted by Crippen LogP contribution is -2.54. The van der Waals surface area contributed by atoms with Gasteiger partial charge in [-0.15, -0.1) is 0 Å². The zero-order valence-corrected chi connectivity index (χ0v) is 16.0. The Morgan fingerprint density at radius 1 is 0.885 bits per heavy atom. The second-order valence-electron chi connectivity index (χ2n) is 6.61. The van der Waals surface area contributed by atoms with E-state index in [2.05, 4.69) is 0 Å². The van der Waals surface area contributed by atoms with E-state index in [0.29, 0.717) is 44.8 Å². The fourth-order valence-electron chi connectivity index (χ4n) is 3.10. The van der Waals surface area contributed by atoms with Gasteiger partial charge in [0.05, 0.1) is 0 Å². The second kappa shape index (κ2) is 9.36. The van der Waals surface area contributed by atoms with Crippen LogP contribution < -0.4 is 0 Å². The van der Waals surface area contributed by atoms with Gasteiger partial charge in [-0.2, -0.15) is 0 Å². The number of ketones is 1. The molecule has 26 heavy (non-hydrogen) atoms. The van der Waals surface area contributed by atoms with Crippen LogP contribution in [0.25, 0.3) is 0 Å². The minimum absolute atomic E-state index is 0.00584. The van der Waals surface area contributed by atoms with E-state index in [-0.39, 0.29) is 30.6 Å². The van der Waals surface area contributed by atoms with Gasteiger partial charge in [0, 0.05) is 57.7 Å². The highest BCUT2D eigenvalue weighted by Crippen LogP contribution is 2.11. The number of benzene rings is 1. The third-order valence-corrected chi connectivity index (χ3v) is 4.88. The largest absolute Gasteiger partial charge is 0.339 e. The van der Waals surface area contributed by atoms with E-state index >= 15 is 0 Å². The monoisotopic (exact) mass is 359 g/mol. The zero-order valence-electron chi connectivity index (χ0n) is 16.0. The Kier molecular flexibility index (Phi) is 7.18. The summed E-state index contributed by atoms with van der Waals surface area (Å²) in [7, 11) is 0. The van der Waals surface area contributed by atoms with Gasteiger partial charge in [0.2, 0.25) is 5.91 Å². The number of urea groups is 1. The number of hydrogen-bond donors (Lipinski definition) is 0. The Bertz CT molecular complexity index is 630. The molecule has 0 spiro atoms. The first-order chi connectivity index (χ1) is 12.5. The lowest BCUT2D eigenvalue weighted by molar-refractivity contribution is -0.132. The van der Waals surface area contributed by atoms with Crippen LogP contribution in [-0.4, -0.2) is 71.7 Å². The number of hydrogen-bond acceptors (Lipinski definition) is 3. The van der Waals surface area contributed by atoms with Gasteiger partial charge in [-0.25, -0.2) is 4.79 Å². The summed E-state index contributed by atoms with van der Waals surface area (Å²) in [4.78, 5) is 42.3. The molecule has 1 aliphatic heterocycles. The second-order valence-corrected chi connectivity index (χ2v) is 6.61. The Hall–Kier alpha value is -2.37. The summed E-state index contributed by atoms with van der Waals surface area (Å²) in [5.74, 6) is -0.0194. The summed E-state index contributed by atoms with van der Waals surface area (Å²) in [6.45, 7) is 9.45. The van der Waals surface area contributed by atoms with Crippen LogP contribution in [0.4, 0.5) is 4.79 Å². The van der Waals surface area contributed by atoms with Crippen LogP contribution in [0.2, 0.25) is 0 Å². The quantitative estimate of drug-likeness (QED) is 0.734. The molecule has 0 atom stereocenters. The van der Waals surface area contributed by atoms with E-state index in [4.69, 9.17) is 0 Å². The van der Waals surface area contributed by atoms with Crippen molar-refractivity contribution in [3.8, 4) is 0 Å². The van der Waals surface area contributed by atoms with E-state index in [1.54, 1.807) is 26.8 Å². The van der Waals surface area contributed by atoms with Crippen LogP contribution in [0.3, 0.4) is 0 Å². The van der Waals surface area contributed by atoms with Gasteiger partial charge in [-0.1, -0.05) is 29.8 Å². The fourth-order valence-corrected chi connectivity index (χ4v) is 3.10. The molecule has 6 nitrogen and oxygen atoms in total. The molecule has 0 unspecified atom stereocenters. The van der Waals surface area contributed by atoms with Crippen molar-refractivity contribution in [3.05, 3.63) is 35.4 Å². The van der Waals surface area contributed by atoms with Crippen LogP contribution >= 0.6 is 0 Å². The molecule has 0 N–H and O–H groups in total. The number of nitrogens with zero attached hydrogens (tertiary/aromatic N) is 3. The molecule has 6 heteroatoms. The highest BCUT2D eigenvalue weighted by atomic mass is 16.2. The Balaban J connectivity index is 1.78. The van der Waals surface area contributed by atoms with Crippen molar-refractivity contribution < 1.29 is 14.4 Å². The third-order valence-electron chi connectivity index (χ3n) is 4.88. The van der Waals surface area contributed by atoms with E-state index in [1.165, 1.54) is 0 Å². The number of rotatable bonds is 6. The molecule has 1 aromatic carbocycles. The first-order valence-electron chi connectivity index (χ1n) is 9.37. The number of amides is 3. The van der Waals surface area contributed by atoms with Crippen molar-refractivity contribution in [2.75, 3.05) is 39.3 Å². The van der Waals surface area contributed by atoms with Crippen LogP contribution in [-0.2, 0) is 4.79 Å². The molecule has 0 aliphatic carbocycles. The predicted molar refractivity (Wildman–Crippen MR) is 101 cm³/mol. The predicted octanol–water partition coefficient (Wildman–Crippen LogP) is 2.56. The summed E-state index contributed by atoms with van der Waals surface area (Å²) in [6, 6.07) is 7.46. The third kappa shape index (κ3) is 5.07. The number of aryl methyl sites for hydroxylation is 1. The van der Waals surface area contributed by atoms with E-state index in [1.807, 2.05) is 32.9 Å². The summed E-state index contributed by atoms with van der Waals surface area (Å²) in [5.41, 5.74) is 1.76. The number of piperazine rings is 1. The van der Waals surface area contributed by atoms with Crippen molar-refractivity contribution in [1.29, 1.82) is 0 Å². The molecule has 0 radical (unpaired) electrons. The first kappa shape index (κ1) is 19.9. The average molecular weight is 359 g/mol. The van der Waals surface area contributed by atoms with Gasteiger partial charge in [-0.05, 0) is 20.8 Å². The lowest BCUT2D eigenvalue weighted by Gasteiger charge is -2.37. The molecule has 1 aromatic rings. The van der Waals surface area contributed by atoms with Crippen LogP contribution in [0.5, 0.6) is 0 Å². The van der Waals surface area contributed by atoms with Crippen molar-refractivity contribution in [2.45, 2.75) is 33.6 Å². The van der Waals surface area contributed by atoms with E-state index in [9.17, 15) is 14.4 Å². The fraction of sp³-hybridized carbons (Fsp3) is 0.550. The summed E-state index contributed by atoms with van der Waals surface area (Å²) in [5, 5.41) is 0. The molecular weight excluding hydrogens is 330 g/mol. The van der Waals surface area contributed by atoms with Crippen LogP contribution in [0.15, 0.2) is 24.3 Å². The van der Waals surface area contributed by atoms with Crippen LogP contribution in [0, 0.1) is 6.92 Å². The van der Waals surface area contributed by atoms with Crippen molar-refractivity contribution in [2.24, 2.45) is 0 Å². The molecule has 0 bridgehead atoms. The standard InChI is InChI=1S/C20H29N3O3/c1-4-21(5-2)20(26)23-14-12-22(13-15-23)19(25)11-10-18(24)17-8-6-16(3)7-9-17/h6-9H,4-5,10-15H2,1-3H3. The summed E-state index contributed by atoms with van der Waals surface area (Å²) < 4.78 is 0. The van der Waals surface area contributed by atoms with Gasteiger partial charge >= 0.3 is 6.03 Å². The maximum Gasteiger partial charge on any atom is 0.320 e. The van der Waals surface area contributed by atoms with Crippen LogP contribution in [0.1, 0.15) is 42.6 Å². The molecular formula is C20H29N3O3. The van der Waals surface area contributed by atoms with Crippen molar-refractivity contribution in [3.63, 3.8) is 0 Å². The maximum atomic E-state index is 12.4. The Morgan fingerprint density at radius 3 is 1.96 bits per heavy atom. The van der Waals surface area contributed by atoms with Crippen molar-refractivity contribution in [1.82, 2.24) is 14.7 Å². The first-order valence-corrected chi connectivity index (χ1v) is 9.37. The minimum Gasteiger partial charge on any atom is -0.339 e. The molecule has 1 aliphatic rings. The average Bonchev–Trinajstić information content (AvgIpc) is 2.67. The lowest BCUT2D eigenvalue weighted by atomic mass is 10.0. The number of Topliss-reactive ketones (excluding diaryl/α,β-unsaturated/α-hetero) is 1. The minimum atomic E-state index is -0.0135. The normalized spacial score (nSPS) is 14.3. The zero-order chi connectivity index (χ0) is 19.1. The molecule has 0 aromatic heterocycles. The molecule has 0 saturated carbocycles. The molecule has 1 saturated heterocycles. The van der Waals surface area contributed by atoms with Gasteiger partial charge in [-0.3, -0.25) is 9.59 Å². The molecule has 3 amide bonds. The van der Waals surface area contributed by atoms with Gasteiger partial charge in [0.1, 0.15) is 0 Å². The van der Waals surface area contributed by atoms with E-state index in [0.717, 1.165) is 5.56 Å². The van der Waals surface area contributed by atoms with Gasteiger partial charge in [0.25, 0.3) is 0 Å². The molecule has 1 heterocycles. The number of carbonyl (C=O) groups is 3. The smallest absolute Gasteiger partial charge is 0.320 e. The van der Waals surface area contributed by atoms with Gasteiger partial charge in [0.15, 0.2) is 5.78 Å². The number of carbonyl (C=O) groups excluding carboxylic acids is 3. The molecule has 2 rings (SSSR count).